The molecule has 21 heavy (non-hydrogen) atoms. The summed E-state index contributed by atoms with van der Waals surface area (Å²) >= 11 is 0. The fourth-order valence-corrected chi connectivity index (χ4v) is 2.86. The first-order valence-electron chi connectivity index (χ1n) is 7.33. The molecule has 1 saturated heterocycles. The summed E-state index contributed by atoms with van der Waals surface area (Å²) in [6.45, 7) is 4.29. The van der Waals surface area contributed by atoms with Crippen molar-refractivity contribution in [1.82, 2.24) is 14.9 Å². The largest absolute Gasteiger partial charge is 0.382 e. The molecule has 0 spiro atoms. The van der Waals surface area contributed by atoms with Gasteiger partial charge in [0.15, 0.2) is 0 Å². The fraction of sp³-hybridized carbons (Fsp3) is 0.375. The zero-order chi connectivity index (χ0) is 14.7. The predicted molar refractivity (Wildman–Crippen MR) is 84.8 cm³/mol. The highest BCUT2D eigenvalue weighted by Gasteiger charge is 2.28. The van der Waals surface area contributed by atoms with Crippen LogP contribution in [0, 0.1) is 0 Å². The molecule has 0 saturated carbocycles. The van der Waals surface area contributed by atoms with Crippen molar-refractivity contribution in [2.75, 3.05) is 17.6 Å². The minimum Gasteiger partial charge on any atom is -0.382 e. The maximum Gasteiger partial charge on any atom is 0.144 e. The SMILES string of the molecule is CC1CC(Nc2cnc(N)cn2)CN1Cc1ccccc1. The summed E-state index contributed by atoms with van der Waals surface area (Å²) in [6, 6.07) is 11.6. The Balaban J connectivity index is 1.59. The van der Waals surface area contributed by atoms with Gasteiger partial charge in [0.05, 0.1) is 12.4 Å². The molecule has 2 atom stereocenters. The van der Waals surface area contributed by atoms with Crippen LogP contribution in [0.5, 0.6) is 0 Å². The van der Waals surface area contributed by atoms with E-state index < -0.39 is 0 Å². The molecule has 0 bridgehead atoms. The van der Waals surface area contributed by atoms with Crippen LogP contribution in [0.3, 0.4) is 0 Å². The van der Waals surface area contributed by atoms with Crippen molar-refractivity contribution in [1.29, 1.82) is 0 Å². The van der Waals surface area contributed by atoms with Crippen molar-refractivity contribution < 1.29 is 0 Å². The highest BCUT2D eigenvalue weighted by molar-refractivity contribution is 5.37. The molecular weight excluding hydrogens is 262 g/mol. The van der Waals surface area contributed by atoms with E-state index in [2.05, 4.69) is 57.4 Å². The molecule has 1 aliphatic rings. The van der Waals surface area contributed by atoms with Crippen LogP contribution >= 0.6 is 0 Å². The number of hydrogen-bond donors (Lipinski definition) is 2. The maximum atomic E-state index is 5.56. The van der Waals surface area contributed by atoms with Gasteiger partial charge in [-0.15, -0.1) is 0 Å². The number of nitrogens with two attached hydrogens (primary N) is 1. The molecular formula is C16H21N5. The Morgan fingerprint density at radius 2 is 2.05 bits per heavy atom. The molecule has 3 rings (SSSR count). The van der Waals surface area contributed by atoms with Crippen LogP contribution in [-0.2, 0) is 6.54 Å². The smallest absolute Gasteiger partial charge is 0.144 e. The number of benzene rings is 1. The molecule has 2 unspecified atom stereocenters. The first kappa shape index (κ1) is 13.8. The van der Waals surface area contributed by atoms with E-state index in [0.717, 1.165) is 25.3 Å². The number of anilines is 2. The maximum absolute atomic E-state index is 5.56. The van der Waals surface area contributed by atoms with Crippen molar-refractivity contribution in [2.24, 2.45) is 0 Å². The van der Waals surface area contributed by atoms with Gasteiger partial charge in [-0.05, 0) is 18.9 Å². The molecule has 2 heterocycles. The molecule has 5 heteroatoms. The summed E-state index contributed by atoms with van der Waals surface area (Å²) in [6.07, 6.45) is 4.39. The topological polar surface area (TPSA) is 67.1 Å². The van der Waals surface area contributed by atoms with Crippen LogP contribution in [0.15, 0.2) is 42.7 Å². The molecule has 3 N–H and O–H groups in total. The highest BCUT2D eigenvalue weighted by Crippen LogP contribution is 2.22. The summed E-state index contributed by atoms with van der Waals surface area (Å²) in [5.41, 5.74) is 6.91. The van der Waals surface area contributed by atoms with Crippen molar-refractivity contribution in [2.45, 2.75) is 32.0 Å². The van der Waals surface area contributed by atoms with Crippen LogP contribution in [-0.4, -0.2) is 33.5 Å². The summed E-state index contributed by atoms with van der Waals surface area (Å²) in [5.74, 6) is 1.24. The number of nitrogens with zero attached hydrogens (tertiary/aromatic N) is 3. The summed E-state index contributed by atoms with van der Waals surface area (Å²) in [4.78, 5) is 10.8. The molecule has 2 aromatic rings. The first-order chi connectivity index (χ1) is 10.2. The van der Waals surface area contributed by atoms with Gasteiger partial charge in [-0.25, -0.2) is 9.97 Å². The Labute approximate surface area is 125 Å². The van der Waals surface area contributed by atoms with E-state index in [1.165, 1.54) is 5.56 Å². The van der Waals surface area contributed by atoms with Gasteiger partial charge in [-0.1, -0.05) is 30.3 Å². The second-order valence-electron chi connectivity index (χ2n) is 5.67. The second kappa shape index (κ2) is 6.10. The molecule has 0 aliphatic carbocycles. The Morgan fingerprint density at radius 1 is 1.24 bits per heavy atom. The lowest BCUT2D eigenvalue weighted by atomic mass is 10.2. The number of likely N-dealkylation sites (tertiary alicyclic amines) is 1. The van der Waals surface area contributed by atoms with Crippen LogP contribution < -0.4 is 11.1 Å². The lowest BCUT2D eigenvalue weighted by molar-refractivity contribution is 0.259. The van der Waals surface area contributed by atoms with Crippen LogP contribution in [0.4, 0.5) is 11.6 Å². The number of hydrogen-bond acceptors (Lipinski definition) is 5. The van der Waals surface area contributed by atoms with Gasteiger partial charge in [-0.2, -0.15) is 0 Å². The first-order valence-corrected chi connectivity index (χ1v) is 7.33. The van der Waals surface area contributed by atoms with Gasteiger partial charge in [0.2, 0.25) is 0 Å². The average molecular weight is 283 g/mol. The van der Waals surface area contributed by atoms with Crippen molar-refractivity contribution in [3.8, 4) is 0 Å². The molecule has 1 aliphatic heterocycles. The number of rotatable bonds is 4. The van der Waals surface area contributed by atoms with E-state index in [0.29, 0.717) is 17.9 Å². The van der Waals surface area contributed by atoms with Gasteiger partial charge in [0, 0.05) is 25.2 Å². The zero-order valence-electron chi connectivity index (χ0n) is 12.2. The zero-order valence-corrected chi connectivity index (χ0v) is 12.2. The van der Waals surface area contributed by atoms with Crippen LogP contribution in [0.25, 0.3) is 0 Å². The van der Waals surface area contributed by atoms with E-state index in [1.54, 1.807) is 12.4 Å². The van der Waals surface area contributed by atoms with E-state index in [4.69, 9.17) is 5.73 Å². The van der Waals surface area contributed by atoms with E-state index in [9.17, 15) is 0 Å². The van der Waals surface area contributed by atoms with Gasteiger partial charge in [0.25, 0.3) is 0 Å². The lowest BCUT2D eigenvalue weighted by Crippen LogP contribution is -2.28. The normalized spacial score (nSPS) is 22.3. The molecule has 1 aromatic carbocycles. The van der Waals surface area contributed by atoms with Crippen LogP contribution in [0.1, 0.15) is 18.9 Å². The molecule has 0 radical (unpaired) electrons. The number of nitrogen functional groups attached to an aromatic ring is 1. The minimum absolute atomic E-state index is 0.404. The number of aromatic nitrogens is 2. The molecule has 110 valence electrons. The second-order valence-corrected chi connectivity index (χ2v) is 5.67. The Morgan fingerprint density at radius 3 is 2.76 bits per heavy atom. The van der Waals surface area contributed by atoms with Gasteiger partial charge < -0.3 is 11.1 Å². The molecule has 5 nitrogen and oxygen atoms in total. The van der Waals surface area contributed by atoms with Crippen molar-refractivity contribution in [3.63, 3.8) is 0 Å². The third-order valence-electron chi connectivity index (χ3n) is 3.96. The van der Waals surface area contributed by atoms with Gasteiger partial charge in [-0.3, -0.25) is 4.90 Å². The fourth-order valence-electron chi connectivity index (χ4n) is 2.86. The lowest BCUT2D eigenvalue weighted by Gasteiger charge is -2.20. The Bertz CT molecular complexity index is 569. The predicted octanol–water partition coefficient (Wildman–Crippen LogP) is 2.13. The standard InChI is InChI=1S/C16H21N5/c1-12-7-14(20-16-9-18-15(17)8-19-16)11-21(12)10-13-5-3-2-4-6-13/h2-6,8-9,12,14H,7,10-11H2,1H3,(H2,17,18)(H,19,20). The molecule has 1 aromatic heterocycles. The van der Waals surface area contributed by atoms with Gasteiger partial charge >= 0.3 is 0 Å². The summed E-state index contributed by atoms with van der Waals surface area (Å²) < 4.78 is 0. The van der Waals surface area contributed by atoms with Gasteiger partial charge in [0.1, 0.15) is 11.6 Å². The van der Waals surface area contributed by atoms with E-state index >= 15 is 0 Å². The Hall–Kier alpha value is -2.14. The van der Waals surface area contributed by atoms with Crippen molar-refractivity contribution in [3.05, 3.63) is 48.3 Å². The Kier molecular flexibility index (Phi) is 4.01. The highest BCUT2D eigenvalue weighted by atomic mass is 15.2. The van der Waals surface area contributed by atoms with Crippen LogP contribution in [0.2, 0.25) is 0 Å². The summed E-state index contributed by atoms with van der Waals surface area (Å²) in [7, 11) is 0. The quantitative estimate of drug-likeness (QED) is 0.900. The van der Waals surface area contributed by atoms with Crippen molar-refractivity contribution >= 4 is 11.6 Å². The summed E-state index contributed by atoms with van der Waals surface area (Å²) in [5, 5.41) is 3.44. The number of nitrogens with one attached hydrogen (secondary N) is 1. The monoisotopic (exact) mass is 283 g/mol. The molecule has 1 fully saturated rings. The third kappa shape index (κ3) is 3.49. The average Bonchev–Trinajstić information content (AvgIpc) is 2.82. The minimum atomic E-state index is 0.404. The van der Waals surface area contributed by atoms with E-state index in [1.807, 2.05) is 0 Å². The molecule has 0 amide bonds. The third-order valence-corrected chi connectivity index (χ3v) is 3.96. The van der Waals surface area contributed by atoms with E-state index in [-0.39, 0.29) is 0 Å².